The molecule has 0 fully saturated rings. The van der Waals surface area contributed by atoms with Crippen LogP contribution in [-0.2, 0) is 11.3 Å². The molecule has 96 valence electrons. The molecule has 1 aliphatic heterocycles. The quantitative estimate of drug-likeness (QED) is 0.617. The standard InChI is InChI=1S/C14H18N2O2/c1-2-3-4-7-15-9-11-5-6-13-12(8-11)16-14(17)10-18-13/h2-3,5-6,8,15H,4,7,9-10H2,1H3,(H,16,17)/b3-2+. The highest BCUT2D eigenvalue weighted by atomic mass is 16.5. The van der Waals surface area contributed by atoms with Crippen molar-refractivity contribution in [2.75, 3.05) is 18.5 Å². The first kappa shape index (κ1) is 12.6. The summed E-state index contributed by atoms with van der Waals surface area (Å²) in [6, 6.07) is 5.87. The Kier molecular flexibility index (Phi) is 4.36. The number of nitrogens with one attached hydrogen (secondary N) is 2. The number of anilines is 1. The van der Waals surface area contributed by atoms with Gasteiger partial charge in [-0.25, -0.2) is 0 Å². The van der Waals surface area contributed by atoms with E-state index in [0.29, 0.717) is 0 Å². The molecule has 1 heterocycles. The van der Waals surface area contributed by atoms with Crippen LogP contribution in [-0.4, -0.2) is 19.1 Å². The Morgan fingerprint density at radius 1 is 1.50 bits per heavy atom. The lowest BCUT2D eigenvalue weighted by Gasteiger charge is -2.18. The van der Waals surface area contributed by atoms with Crippen molar-refractivity contribution in [3.8, 4) is 5.75 Å². The maximum atomic E-state index is 11.2. The van der Waals surface area contributed by atoms with Gasteiger partial charge in [0, 0.05) is 6.54 Å². The topological polar surface area (TPSA) is 50.4 Å². The Bertz CT molecular complexity index is 455. The van der Waals surface area contributed by atoms with Crippen molar-refractivity contribution in [3.05, 3.63) is 35.9 Å². The highest BCUT2D eigenvalue weighted by molar-refractivity contribution is 5.95. The fraction of sp³-hybridized carbons (Fsp3) is 0.357. The Hall–Kier alpha value is -1.81. The Balaban J connectivity index is 1.90. The molecule has 18 heavy (non-hydrogen) atoms. The molecule has 4 nitrogen and oxygen atoms in total. The number of benzene rings is 1. The molecule has 1 aliphatic rings. The predicted molar refractivity (Wildman–Crippen MR) is 71.7 cm³/mol. The second kappa shape index (κ2) is 6.21. The third kappa shape index (κ3) is 3.34. The van der Waals surface area contributed by atoms with E-state index < -0.39 is 0 Å². The molecular formula is C14H18N2O2. The molecule has 2 rings (SSSR count). The largest absolute Gasteiger partial charge is 0.482 e. The van der Waals surface area contributed by atoms with Crippen LogP contribution in [0, 0.1) is 0 Å². The van der Waals surface area contributed by atoms with Gasteiger partial charge >= 0.3 is 0 Å². The van der Waals surface area contributed by atoms with Gasteiger partial charge in [-0.3, -0.25) is 4.79 Å². The number of allylic oxidation sites excluding steroid dienone is 1. The molecule has 0 unspecified atom stereocenters. The van der Waals surface area contributed by atoms with Gasteiger partial charge in [-0.1, -0.05) is 18.2 Å². The number of hydrogen-bond donors (Lipinski definition) is 2. The molecule has 0 aliphatic carbocycles. The summed E-state index contributed by atoms with van der Waals surface area (Å²) in [6.45, 7) is 3.87. The van der Waals surface area contributed by atoms with Crippen molar-refractivity contribution in [2.45, 2.75) is 19.9 Å². The zero-order chi connectivity index (χ0) is 12.8. The summed E-state index contributed by atoms with van der Waals surface area (Å²) < 4.78 is 5.31. The summed E-state index contributed by atoms with van der Waals surface area (Å²) in [7, 11) is 0. The first-order valence-electron chi connectivity index (χ1n) is 6.17. The number of hydrogen-bond acceptors (Lipinski definition) is 3. The average molecular weight is 246 g/mol. The monoisotopic (exact) mass is 246 g/mol. The molecule has 4 heteroatoms. The van der Waals surface area contributed by atoms with Crippen molar-refractivity contribution in [1.82, 2.24) is 5.32 Å². The van der Waals surface area contributed by atoms with Crippen molar-refractivity contribution in [1.29, 1.82) is 0 Å². The summed E-state index contributed by atoms with van der Waals surface area (Å²) in [4.78, 5) is 11.2. The number of rotatable bonds is 5. The van der Waals surface area contributed by atoms with Crippen molar-refractivity contribution in [3.63, 3.8) is 0 Å². The molecule has 1 amide bonds. The zero-order valence-electron chi connectivity index (χ0n) is 10.5. The zero-order valence-corrected chi connectivity index (χ0v) is 10.5. The van der Waals surface area contributed by atoms with E-state index >= 15 is 0 Å². The van der Waals surface area contributed by atoms with Crippen LogP contribution >= 0.6 is 0 Å². The van der Waals surface area contributed by atoms with Gasteiger partial charge in [-0.05, 0) is 37.6 Å². The number of carbonyl (C=O) groups excluding carboxylic acids is 1. The molecule has 0 spiro atoms. The molecule has 0 radical (unpaired) electrons. The molecule has 2 N–H and O–H groups in total. The van der Waals surface area contributed by atoms with Crippen LogP contribution in [0.25, 0.3) is 0 Å². The molecule has 0 saturated heterocycles. The van der Waals surface area contributed by atoms with Crippen LogP contribution in [0.2, 0.25) is 0 Å². The van der Waals surface area contributed by atoms with Crippen molar-refractivity contribution >= 4 is 11.6 Å². The van der Waals surface area contributed by atoms with E-state index in [4.69, 9.17) is 4.74 Å². The predicted octanol–water partition coefficient (Wildman–Crippen LogP) is 2.07. The second-order valence-electron chi connectivity index (χ2n) is 4.20. The highest BCUT2D eigenvalue weighted by Gasteiger charge is 2.15. The van der Waals surface area contributed by atoms with E-state index in [0.717, 1.165) is 36.5 Å². The van der Waals surface area contributed by atoms with Gasteiger partial charge < -0.3 is 15.4 Å². The minimum atomic E-state index is -0.0966. The number of carbonyl (C=O) groups is 1. The molecule has 0 bridgehead atoms. The normalized spacial score (nSPS) is 14.2. The first-order chi connectivity index (χ1) is 8.79. The fourth-order valence-electron chi connectivity index (χ4n) is 1.83. The summed E-state index contributed by atoms with van der Waals surface area (Å²) in [5, 5.41) is 6.16. The van der Waals surface area contributed by atoms with Gasteiger partial charge in [0.25, 0.3) is 5.91 Å². The fourth-order valence-corrected chi connectivity index (χ4v) is 1.83. The smallest absolute Gasteiger partial charge is 0.262 e. The minimum absolute atomic E-state index is 0.0966. The third-order valence-corrected chi connectivity index (χ3v) is 2.73. The first-order valence-corrected chi connectivity index (χ1v) is 6.17. The number of fused-ring (bicyclic) bond motifs is 1. The Labute approximate surface area is 107 Å². The van der Waals surface area contributed by atoms with Crippen LogP contribution in [0.3, 0.4) is 0 Å². The van der Waals surface area contributed by atoms with Crippen LogP contribution in [0.15, 0.2) is 30.4 Å². The lowest BCUT2D eigenvalue weighted by atomic mass is 10.1. The molecular weight excluding hydrogens is 228 g/mol. The van der Waals surface area contributed by atoms with Crippen LogP contribution in [0.1, 0.15) is 18.9 Å². The average Bonchev–Trinajstić information content (AvgIpc) is 2.38. The molecule has 1 aromatic rings. The van der Waals surface area contributed by atoms with E-state index in [9.17, 15) is 4.79 Å². The van der Waals surface area contributed by atoms with Gasteiger partial charge in [-0.15, -0.1) is 0 Å². The lowest BCUT2D eigenvalue weighted by Crippen LogP contribution is -2.25. The van der Waals surface area contributed by atoms with Gasteiger partial charge in [0.2, 0.25) is 0 Å². The third-order valence-electron chi connectivity index (χ3n) is 2.73. The van der Waals surface area contributed by atoms with Crippen molar-refractivity contribution in [2.24, 2.45) is 0 Å². The van der Waals surface area contributed by atoms with Crippen LogP contribution < -0.4 is 15.4 Å². The van der Waals surface area contributed by atoms with E-state index in [1.54, 1.807) is 0 Å². The Morgan fingerprint density at radius 2 is 2.39 bits per heavy atom. The summed E-state index contributed by atoms with van der Waals surface area (Å²) >= 11 is 0. The maximum Gasteiger partial charge on any atom is 0.262 e. The van der Waals surface area contributed by atoms with E-state index in [1.807, 2.05) is 31.2 Å². The minimum Gasteiger partial charge on any atom is -0.482 e. The van der Waals surface area contributed by atoms with Crippen molar-refractivity contribution < 1.29 is 9.53 Å². The summed E-state index contributed by atoms with van der Waals surface area (Å²) in [5.41, 5.74) is 1.90. The molecule has 0 aromatic heterocycles. The lowest BCUT2D eigenvalue weighted by molar-refractivity contribution is -0.118. The van der Waals surface area contributed by atoms with Gasteiger partial charge in [-0.2, -0.15) is 0 Å². The SMILES string of the molecule is C/C=C/CCNCc1ccc2c(c1)NC(=O)CO2. The van der Waals surface area contributed by atoms with Gasteiger partial charge in [0.05, 0.1) is 5.69 Å². The molecule has 1 aromatic carbocycles. The second-order valence-corrected chi connectivity index (χ2v) is 4.20. The highest BCUT2D eigenvalue weighted by Crippen LogP contribution is 2.28. The molecule has 0 atom stereocenters. The van der Waals surface area contributed by atoms with Gasteiger partial charge in [0.1, 0.15) is 5.75 Å². The summed E-state index contributed by atoms with van der Waals surface area (Å²) in [6.07, 6.45) is 5.21. The number of ether oxygens (including phenoxy) is 1. The van der Waals surface area contributed by atoms with E-state index in [-0.39, 0.29) is 12.5 Å². The summed E-state index contributed by atoms with van der Waals surface area (Å²) in [5.74, 6) is 0.646. The maximum absolute atomic E-state index is 11.2. The van der Waals surface area contributed by atoms with Crippen LogP contribution in [0.4, 0.5) is 5.69 Å². The molecule has 0 saturated carbocycles. The van der Waals surface area contributed by atoms with E-state index in [1.165, 1.54) is 0 Å². The van der Waals surface area contributed by atoms with E-state index in [2.05, 4.69) is 16.7 Å². The number of amides is 1. The van der Waals surface area contributed by atoms with Gasteiger partial charge in [0.15, 0.2) is 6.61 Å². The Morgan fingerprint density at radius 3 is 3.22 bits per heavy atom. The van der Waals surface area contributed by atoms with Crippen LogP contribution in [0.5, 0.6) is 5.75 Å².